The van der Waals surface area contributed by atoms with Crippen LogP contribution in [0.1, 0.15) is 30.5 Å². The van der Waals surface area contributed by atoms with Crippen LogP contribution in [0, 0.1) is 0 Å². The average Bonchev–Trinajstić information content (AvgIpc) is 2.49. The van der Waals surface area contributed by atoms with E-state index in [9.17, 15) is 0 Å². The van der Waals surface area contributed by atoms with Crippen molar-refractivity contribution in [3.63, 3.8) is 0 Å². The molecule has 1 unspecified atom stereocenters. The van der Waals surface area contributed by atoms with Gasteiger partial charge in [-0.1, -0.05) is 25.1 Å². The number of hydrogen-bond acceptors (Lipinski definition) is 3. The lowest BCUT2D eigenvalue weighted by molar-refractivity contribution is 0.414. The minimum atomic E-state index is 0.353. The fourth-order valence-electron chi connectivity index (χ4n) is 2.08. The zero-order valence-electron chi connectivity index (χ0n) is 11.5. The molecule has 1 aromatic heterocycles. The quantitative estimate of drug-likeness (QED) is 0.860. The second kappa shape index (κ2) is 6.90. The van der Waals surface area contributed by atoms with Crippen LogP contribution in [-0.4, -0.2) is 12.1 Å². The Morgan fingerprint density at radius 3 is 2.58 bits per heavy atom. The van der Waals surface area contributed by atoms with Crippen LogP contribution in [0.5, 0.6) is 5.75 Å². The summed E-state index contributed by atoms with van der Waals surface area (Å²) in [5, 5.41) is 3.56. The first-order valence-electron chi connectivity index (χ1n) is 6.59. The van der Waals surface area contributed by atoms with Gasteiger partial charge < -0.3 is 10.1 Å². The van der Waals surface area contributed by atoms with Gasteiger partial charge in [-0.2, -0.15) is 0 Å². The Hall–Kier alpha value is -1.87. The van der Waals surface area contributed by atoms with Crippen molar-refractivity contribution in [3.05, 3.63) is 59.9 Å². The SMILES string of the molecule is CCC(NCc1cccnc1)c1ccc(OC)cc1. The van der Waals surface area contributed by atoms with Crippen LogP contribution in [0.25, 0.3) is 0 Å². The standard InChI is InChI=1S/C16H20N2O/c1-3-16(14-6-8-15(19-2)9-7-14)18-12-13-5-4-10-17-11-13/h4-11,16,18H,3,12H2,1-2H3. The van der Waals surface area contributed by atoms with Crippen LogP contribution in [0.15, 0.2) is 48.8 Å². The summed E-state index contributed by atoms with van der Waals surface area (Å²) < 4.78 is 5.18. The Morgan fingerprint density at radius 1 is 1.21 bits per heavy atom. The van der Waals surface area contributed by atoms with Crippen LogP contribution in [0.2, 0.25) is 0 Å². The molecule has 0 amide bonds. The molecule has 0 saturated carbocycles. The summed E-state index contributed by atoms with van der Waals surface area (Å²) in [4.78, 5) is 4.13. The number of nitrogens with zero attached hydrogens (tertiary/aromatic N) is 1. The van der Waals surface area contributed by atoms with Crippen molar-refractivity contribution >= 4 is 0 Å². The Kier molecular flexibility index (Phi) is 4.93. The second-order valence-corrected chi connectivity index (χ2v) is 4.48. The van der Waals surface area contributed by atoms with Crippen molar-refractivity contribution in [3.8, 4) is 5.75 Å². The number of aromatic nitrogens is 1. The highest BCUT2D eigenvalue weighted by molar-refractivity contribution is 5.29. The first kappa shape index (κ1) is 13.6. The Labute approximate surface area is 114 Å². The number of methoxy groups -OCH3 is 1. The Balaban J connectivity index is 1.99. The van der Waals surface area contributed by atoms with E-state index in [-0.39, 0.29) is 0 Å². The molecule has 0 aliphatic rings. The zero-order valence-corrected chi connectivity index (χ0v) is 11.5. The molecule has 0 radical (unpaired) electrons. The van der Waals surface area contributed by atoms with Gasteiger partial charge in [0.05, 0.1) is 7.11 Å². The predicted molar refractivity (Wildman–Crippen MR) is 77.1 cm³/mol. The van der Waals surface area contributed by atoms with Crippen molar-refractivity contribution < 1.29 is 4.74 Å². The van der Waals surface area contributed by atoms with Crippen LogP contribution >= 0.6 is 0 Å². The van der Waals surface area contributed by atoms with Gasteiger partial charge in [0.25, 0.3) is 0 Å². The molecule has 0 aliphatic carbocycles. The lowest BCUT2D eigenvalue weighted by atomic mass is 10.0. The first-order chi connectivity index (χ1) is 9.33. The van der Waals surface area contributed by atoms with E-state index in [1.165, 1.54) is 11.1 Å². The monoisotopic (exact) mass is 256 g/mol. The highest BCUT2D eigenvalue weighted by atomic mass is 16.5. The summed E-state index contributed by atoms with van der Waals surface area (Å²) in [7, 11) is 1.69. The van der Waals surface area contributed by atoms with Gasteiger partial charge >= 0.3 is 0 Å². The van der Waals surface area contributed by atoms with Gasteiger partial charge in [0.1, 0.15) is 5.75 Å². The maximum Gasteiger partial charge on any atom is 0.118 e. The molecule has 1 atom stereocenters. The van der Waals surface area contributed by atoms with Crippen molar-refractivity contribution in [2.45, 2.75) is 25.9 Å². The van der Waals surface area contributed by atoms with E-state index in [1.807, 2.05) is 24.4 Å². The van der Waals surface area contributed by atoms with Gasteiger partial charge in [-0.05, 0) is 35.7 Å². The van der Waals surface area contributed by atoms with Crippen LogP contribution < -0.4 is 10.1 Å². The van der Waals surface area contributed by atoms with E-state index in [1.54, 1.807) is 13.3 Å². The lowest BCUT2D eigenvalue weighted by Crippen LogP contribution is -2.20. The van der Waals surface area contributed by atoms with E-state index in [4.69, 9.17) is 4.74 Å². The van der Waals surface area contributed by atoms with E-state index in [2.05, 4.69) is 35.4 Å². The molecule has 0 fully saturated rings. The number of ether oxygens (including phenoxy) is 1. The molecule has 3 heteroatoms. The Bertz CT molecular complexity index is 482. The third-order valence-corrected chi connectivity index (χ3v) is 3.20. The molecule has 2 aromatic rings. The molecule has 3 nitrogen and oxygen atoms in total. The molecular formula is C16H20N2O. The molecule has 1 N–H and O–H groups in total. The zero-order chi connectivity index (χ0) is 13.5. The third kappa shape index (κ3) is 3.80. The summed E-state index contributed by atoms with van der Waals surface area (Å²) in [6.07, 6.45) is 4.74. The minimum Gasteiger partial charge on any atom is -0.497 e. The van der Waals surface area contributed by atoms with Crippen LogP contribution in [0.4, 0.5) is 0 Å². The molecule has 0 spiro atoms. The van der Waals surface area contributed by atoms with Gasteiger partial charge in [0.2, 0.25) is 0 Å². The fraction of sp³-hybridized carbons (Fsp3) is 0.312. The number of benzene rings is 1. The maximum atomic E-state index is 5.18. The van der Waals surface area contributed by atoms with Crippen molar-refractivity contribution in [1.82, 2.24) is 10.3 Å². The van der Waals surface area contributed by atoms with Crippen LogP contribution in [-0.2, 0) is 6.54 Å². The highest BCUT2D eigenvalue weighted by Gasteiger charge is 2.08. The first-order valence-corrected chi connectivity index (χ1v) is 6.59. The number of nitrogens with one attached hydrogen (secondary N) is 1. The minimum absolute atomic E-state index is 0.353. The topological polar surface area (TPSA) is 34.2 Å². The lowest BCUT2D eigenvalue weighted by Gasteiger charge is -2.17. The average molecular weight is 256 g/mol. The van der Waals surface area contributed by atoms with Gasteiger partial charge in [0, 0.05) is 25.0 Å². The van der Waals surface area contributed by atoms with Gasteiger partial charge in [-0.25, -0.2) is 0 Å². The van der Waals surface area contributed by atoms with E-state index in [0.29, 0.717) is 6.04 Å². The van der Waals surface area contributed by atoms with Crippen molar-refractivity contribution in [2.75, 3.05) is 7.11 Å². The molecule has 0 bridgehead atoms. The van der Waals surface area contributed by atoms with Gasteiger partial charge in [-0.3, -0.25) is 4.98 Å². The summed E-state index contributed by atoms with van der Waals surface area (Å²) in [6.45, 7) is 3.02. The molecule has 2 rings (SSSR count). The highest BCUT2D eigenvalue weighted by Crippen LogP contribution is 2.20. The van der Waals surface area contributed by atoms with E-state index < -0.39 is 0 Å². The molecule has 1 heterocycles. The normalized spacial score (nSPS) is 12.1. The maximum absolute atomic E-state index is 5.18. The molecule has 1 aromatic carbocycles. The number of hydrogen-bond donors (Lipinski definition) is 1. The molecule has 0 saturated heterocycles. The van der Waals surface area contributed by atoms with Gasteiger partial charge in [0.15, 0.2) is 0 Å². The summed E-state index contributed by atoms with van der Waals surface area (Å²) in [5.74, 6) is 0.894. The smallest absolute Gasteiger partial charge is 0.118 e. The number of pyridine rings is 1. The fourth-order valence-corrected chi connectivity index (χ4v) is 2.08. The summed E-state index contributed by atoms with van der Waals surface area (Å²) in [6, 6.07) is 12.6. The Morgan fingerprint density at radius 2 is 2.00 bits per heavy atom. The molecule has 0 aliphatic heterocycles. The molecule has 19 heavy (non-hydrogen) atoms. The largest absolute Gasteiger partial charge is 0.497 e. The van der Waals surface area contributed by atoms with Gasteiger partial charge in [-0.15, -0.1) is 0 Å². The van der Waals surface area contributed by atoms with Crippen LogP contribution in [0.3, 0.4) is 0 Å². The molecular weight excluding hydrogens is 236 g/mol. The molecule has 100 valence electrons. The number of rotatable bonds is 6. The summed E-state index contributed by atoms with van der Waals surface area (Å²) >= 11 is 0. The predicted octanol–water partition coefficient (Wildman–Crippen LogP) is 3.33. The van der Waals surface area contributed by atoms with Crippen molar-refractivity contribution in [1.29, 1.82) is 0 Å². The third-order valence-electron chi connectivity index (χ3n) is 3.20. The van der Waals surface area contributed by atoms with Crippen molar-refractivity contribution in [2.24, 2.45) is 0 Å². The van der Waals surface area contributed by atoms with E-state index >= 15 is 0 Å². The summed E-state index contributed by atoms with van der Waals surface area (Å²) in [5.41, 5.74) is 2.49. The van der Waals surface area contributed by atoms with E-state index in [0.717, 1.165) is 18.7 Å². The second-order valence-electron chi connectivity index (χ2n) is 4.48.